The zero-order valence-corrected chi connectivity index (χ0v) is 17.4. The minimum absolute atomic E-state index is 0.673. The maximum absolute atomic E-state index is 4.72. The predicted octanol–water partition coefficient (Wildman–Crippen LogP) is 3.12. The van der Waals surface area contributed by atoms with Crippen LogP contribution in [0.3, 0.4) is 0 Å². The quantitative estimate of drug-likeness (QED) is 0.551. The summed E-state index contributed by atoms with van der Waals surface area (Å²) < 4.78 is 0. The van der Waals surface area contributed by atoms with Crippen LogP contribution in [0.2, 0.25) is 0 Å². The maximum atomic E-state index is 4.72. The Hall–Kier alpha value is -1.92. The van der Waals surface area contributed by atoms with Crippen molar-refractivity contribution in [3.8, 4) is 0 Å². The van der Waals surface area contributed by atoms with E-state index in [9.17, 15) is 0 Å². The number of aromatic nitrogens is 1. The summed E-state index contributed by atoms with van der Waals surface area (Å²) in [7, 11) is 4.17. The molecule has 0 fully saturated rings. The lowest BCUT2D eigenvalue weighted by atomic mass is 10.1. The summed E-state index contributed by atoms with van der Waals surface area (Å²) in [5.74, 6) is 0.857. The van der Waals surface area contributed by atoms with Crippen molar-refractivity contribution in [2.45, 2.75) is 40.3 Å². The third-order valence-electron chi connectivity index (χ3n) is 3.96. The van der Waals surface area contributed by atoms with Gasteiger partial charge in [-0.1, -0.05) is 24.3 Å². The van der Waals surface area contributed by atoms with Gasteiger partial charge in [0.2, 0.25) is 0 Å². The molecule has 6 heteroatoms. The molecular formula is C20H31N5S. The minimum atomic E-state index is 0.673. The average molecular weight is 374 g/mol. The van der Waals surface area contributed by atoms with E-state index in [-0.39, 0.29) is 0 Å². The Morgan fingerprint density at radius 3 is 2.62 bits per heavy atom. The van der Waals surface area contributed by atoms with Crippen LogP contribution >= 0.6 is 11.3 Å². The summed E-state index contributed by atoms with van der Waals surface area (Å²) in [6, 6.07) is 8.63. The third-order valence-corrected chi connectivity index (χ3v) is 5.09. The number of benzene rings is 1. The second-order valence-electron chi connectivity index (χ2n) is 6.68. The molecular weight excluding hydrogens is 342 g/mol. The Balaban J connectivity index is 1.91. The number of rotatable bonds is 8. The number of guanidine groups is 1. The van der Waals surface area contributed by atoms with Crippen molar-refractivity contribution in [2.75, 3.05) is 27.2 Å². The largest absolute Gasteiger partial charge is 0.357 e. The summed E-state index contributed by atoms with van der Waals surface area (Å²) in [5.41, 5.74) is 3.69. The fourth-order valence-corrected chi connectivity index (χ4v) is 3.57. The lowest BCUT2D eigenvalue weighted by Crippen LogP contribution is -2.38. The second-order valence-corrected chi connectivity index (χ2v) is 7.97. The van der Waals surface area contributed by atoms with Gasteiger partial charge in [0, 0.05) is 30.9 Å². The van der Waals surface area contributed by atoms with E-state index in [2.05, 4.69) is 79.6 Å². The molecule has 0 radical (unpaired) electrons. The lowest BCUT2D eigenvalue weighted by molar-refractivity contribution is 0.402. The van der Waals surface area contributed by atoms with Crippen molar-refractivity contribution in [2.24, 2.45) is 4.99 Å². The van der Waals surface area contributed by atoms with Crippen LogP contribution in [0.5, 0.6) is 0 Å². The number of hydrogen-bond acceptors (Lipinski definition) is 4. The Morgan fingerprint density at radius 2 is 1.96 bits per heavy atom. The average Bonchev–Trinajstić information content (AvgIpc) is 2.90. The third kappa shape index (κ3) is 6.77. The maximum Gasteiger partial charge on any atom is 0.191 e. The molecule has 1 aromatic heterocycles. The first-order chi connectivity index (χ1) is 12.5. The van der Waals surface area contributed by atoms with Crippen LogP contribution in [0.1, 0.15) is 33.6 Å². The van der Waals surface area contributed by atoms with Crippen molar-refractivity contribution in [3.05, 3.63) is 51.0 Å². The van der Waals surface area contributed by atoms with Gasteiger partial charge in [-0.25, -0.2) is 9.98 Å². The summed E-state index contributed by atoms with van der Waals surface area (Å²) in [6.45, 7) is 9.58. The molecule has 0 atom stereocenters. The Kier molecular flexibility index (Phi) is 8.06. The molecule has 0 amide bonds. The summed E-state index contributed by atoms with van der Waals surface area (Å²) in [6.07, 6.45) is 0.919. The molecule has 142 valence electrons. The van der Waals surface area contributed by atoms with Gasteiger partial charge in [0.05, 0.1) is 17.2 Å². The molecule has 2 rings (SSSR count). The van der Waals surface area contributed by atoms with Gasteiger partial charge in [0.15, 0.2) is 5.96 Å². The van der Waals surface area contributed by atoms with Crippen LogP contribution in [0.15, 0.2) is 29.3 Å². The molecule has 0 saturated carbocycles. The van der Waals surface area contributed by atoms with Crippen LogP contribution in [-0.4, -0.2) is 43.0 Å². The molecule has 26 heavy (non-hydrogen) atoms. The lowest BCUT2D eigenvalue weighted by Gasteiger charge is -2.12. The molecule has 0 unspecified atom stereocenters. The highest BCUT2D eigenvalue weighted by molar-refractivity contribution is 7.11. The second kappa shape index (κ2) is 10.3. The SMILES string of the molecule is CCNC(=NCc1cccc(CN(C)C)c1)NCCc1nc(C)c(C)s1. The molecule has 2 N–H and O–H groups in total. The Labute approximate surface area is 161 Å². The highest BCUT2D eigenvalue weighted by atomic mass is 32.1. The van der Waals surface area contributed by atoms with E-state index < -0.39 is 0 Å². The van der Waals surface area contributed by atoms with Crippen molar-refractivity contribution in [1.29, 1.82) is 0 Å². The Bertz CT molecular complexity index is 701. The van der Waals surface area contributed by atoms with Gasteiger partial charge in [-0.2, -0.15) is 0 Å². The van der Waals surface area contributed by atoms with Crippen LogP contribution < -0.4 is 10.6 Å². The molecule has 0 spiro atoms. The van der Waals surface area contributed by atoms with Gasteiger partial charge >= 0.3 is 0 Å². The number of aliphatic imine (C=N–C) groups is 1. The Morgan fingerprint density at radius 1 is 1.19 bits per heavy atom. The van der Waals surface area contributed by atoms with Gasteiger partial charge in [-0.05, 0) is 46.0 Å². The number of nitrogens with zero attached hydrogens (tertiary/aromatic N) is 3. The molecule has 1 aromatic carbocycles. The van der Waals surface area contributed by atoms with Gasteiger partial charge < -0.3 is 15.5 Å². The van der Waals surface area contributed by atoms with Crippen molar-refractivity contribution in [3.63, 3.8) is 0 Å². The van der Waals surface area contributed by atoms with E-state index in [0.717, 1.165) is 37.7 Å². The van der Waals surface area contributed by atoms with E-state index in [0.29, 0.717) is 6.54 Å². The van der Waals surface area contributed by atoms with Gasteiger partial charge in [0.25, 0.3) is 0 Å². The molecule has 2 aromatic rings. The number of hydrogen-bond donors (Lipinski definition) is 2. The first-order valence-electron chi connectivity index (χ1n) is 9.15. The molecule has 0 aliphatic rings. The number of thiazole rings is 1. The molecule has 5 nitrogen and oxygen atoms in total. The smallest absolute Gasteiger partial charge is 0.191 e. The monoisotopic (exact) mass is 373 g/mol. The molecule has 0 saturated heterocycles. The van der Waals surface area contributed by atoms with Crippen molar-refractivity contribution in [1.82, 2.24) is 20.5 Å². The number of nitrogens with one attached hydrogen (secondary N) is 2. The van der Waals surface area contributed by atoms with Crippen molar-refractivity contribution >= 4 is 17.3 Å². The molecule has 0 aliphatic heterocycles. The summed E-state index contributed by atoms with van der Waals surface area (Å²) in [5, 5.41) is 7.91. The fourth-order valence-electron chi connectivity index (χ4n) is 2.64. The van der Waals surface area contributed by atoms with E-state index in [1.807, 2.05) is 0 Å². The van der Waals surface area contributed by atoms with E-state index in [1.165, 1.54) is 21.0 Å². The first-order valence-corrected chi connectivity index (χ1v) is 9.97. The van der Waals surface area contributed by atoms with Crippen LogP contribution in [0.25, 0.3) is 0 Å². The summed E-state index contributed by atoms with van der Waals surface area (Å²) in [4.78, 5) is 12.8. The predicted molar refractivity (Wildman–Crippen MR) is 112 cm³/mol. The minimum Gasteiger partial charge on any atom is -0.357 e. The molecule has 0 bridgehead atoms. The van der Waals surface area contributed by atoms with Gasteiger partial charge in [0.1, 0.15) is 0 Å². The summed E-state index contributed by atoms with van der Waals surface area (Å²) >= 11 is 1.78. The van der Waals surface area contributed by atoms with Crippen LogP contribution in [0.4, 0.5) is 0 Å². The molecule has 0 aliphatic carbocycles. The standard InChI is InChI=1S/C20H31N5S/c1-6-21-20(22-11-10-19-24-15(2)16(3)26-19)23-13-17-8-7-9-18(12-17)14-25(4)5/h7-9,12H,6,10-11,13-14H2,1-5H3,(H2,21,22,23). The topological polar surface area (TPSA) is 52.6 Å². The normalized spacial score (nSPS) is 11.8. The van der Waals surface area contributed by atoms with Gasteiger partial charge in [-0.15, -0.1) is 11.3 Å². The number of aryl methyl sites for hydroxylation is 2. The van der Waals surface area contributed by atoms with E-state index in [1.54, 1.807) is 11.3 Å². The zero-order chi connectivity index (χ0) is 18.9. The first kappa shape index (κ1) is 20.4. The van der Waals surface area contributed by atoms with Crippen LogP contribution in [0, 0.1) is 13.8 Å². The van der Waals surface area contributed by atoms with Crippen molar-refractivity contribution < 1.29 is 0 Å². The fraction of sp³-hybridized carbons (Fsp3) is 0.500. The highest BCUT2D eigenvalue weighted by Gasteiger charge is 2.04. The van der Waals surface area contributed by atoms with Crippen LogP contribution in [-0.2, 0) is 19.5 Å². The van der Waals surface area contributed by atoms with Gasteiger partial charge in [-0.3, -0.25) is 0 Å². The highest BCUT2D eigenvalue weighted by Crippen LogP contribution is 2.16. The zero-order valence-electron chi connectivity index (χ0n) is 16.6. The molecule has 1 heterocycles. The van der Waals surface area contributed by atoms with E-state index >= 15 is 0 Å². The van der Waals surface area contributed by atoms with E-state index in [4.69, 9.17) is 4.99 Å².